The third-order valence-corrected chi connectivity index (χ3v) is 4.59. The van der Waals surface area contributed by atoms with E-state index < -0.39 is 22.7 Å². The van der Waals surface area contributed by atoms with Gasteiger partial charge >= 0.3 is 6.18 Å². The zero-order chi connectivity index (χ0) is 21.6. The molecule has 1 amide bonds. The van der Waals surface area contributed by atoms with E-state index >= 15 is 0 Å². The van der Waals surface area contributed by atoms with Gasteiger partial charge in [0, 0.05) is 17.9 Å². The van der Waals surface area contributed by atoms with Crippen LogP contribution in [0, 0.1) is 11.3 Å². The summed E-state index contributed by atoms with van der Waals surface area (Å²) in [5, 5.41) is 14.0. The van der Waals surface area contributed by atoms with Gasteiger partial charge in [-0.2, -0.15) is 18.4 Å². The first-order valence-electron chi connectivity index (χ1n) is 8.79. The van der Waals surface area contributed by atoms with E-state index in [0.29, 0.717) is 0 Å². The Labute approximate surface area is 172 Å². The van der Waals surface area contributed by atoms with Gasteiger partial charge in [0.05, 0.1) is 10.6 Å². The smallest absolute Gasteiger partial charge is 0.383 e. The lowest BCUT2D eigenvalue weighted by atomic mass is 10.1. The summed E-state index contributed by atoms with van der Waals surface area (Å²) in [5.41, 5.74) is 0.696. The number of rotatable bonds is 6. The highest BCUT2D eigenvalue weighted by atomic mass is 35.5. The van der Waals surface area contributed by atoms with Crippen molar-refractivity contribution in [1.29, 1.82) is 5.26 Å². The van der Waals surface area contributed by atoms with E-state index in [1.807, 2.05) is 31.2 Å². The van der Waals surface area contributed by atoms with Crippen molar-refractivity contribution in [3.05, 3.63) is 76.0 Å². The maximum absolute atomic E-state index is 12.9. The Bertz CT molecular complexity index is 947. The fourth-order valence-electron chi connectivity index (χ4n) is 2.51. The van der Waals surface area contributed by atoms with E-state index in [2.05, 4.69) is 17.6 Å². The van der Waals surface area contributed by atoms with Gasteiger partial charge in [0.15, 0.2) is 0 Å². The molecule has 2 rings (SSSR count). The molecule has 8 heteroatoms. The summed E-state index contributed by atoms with van der Waals surface area (Å²) >= 11 is 5.56. The molecule has 0 saturated heterocycles. The van der Waals surface area contributed by atoms with Crippen molar-refractivity contribution >= 4 is 23.2 Å². The Morgan fingerprint density at radius 2 is 1.90 bits per heavy atom. The summed E-state index contributed by atoms with van der Waals surface area (Å²) in [7, 11) is 0. The first kappa shape index (κ1) is 22.3. The second-order valence-corrected chi connectivity index (χ2v) is 6.71. The molecule has 152 valence electrons. The average Bonchev–Trinajstić information content (AvgIpc) is 2.69. The van der Waals surface area contributed by atoms with Gasteiger partial charge in [0.2, 0.25) is 0 Å². The molecule has 29 heavy (non-hydrogen) atoms. The van der Waals surface area contributed by atoms with Crippen LogP contribution in [0.25, 0.3) is 0 Å². The average molecular weight is 422 g/mol. The molecular weight excluding hydrogens is 403 g/mol. The molecule has 0 bridgehead atoms. The van der Waals surface area contributed by atoms with E-state index in [9.17, 15) is 23.2 Å². The minimum absolute atomic E-state index is 0.115. The molecular formula is C21H19ClF3N3O. The number of aryl methyl sites for hydroxylation is 1. The number of carbonyl (C=O) groups is 1. The largest absolute Gasteiger partial charge is 0.417 e. The molecule has 0 radical (unpaired) electrons. The van der Waals surface area contributed by atoms with Crippen molar-refractivity contribution in [3.63, 3.8) is 0 Å². The highest BCUT2D eigenvalue weighted by Crippen LogP contribution is 2.36. The Hall–Kier alpha value is -2.98. The van der Waals surface area contributed by atoms with Crippen molar-refractivity contribution in [2.75, 3.05) is 5.32 Å². The molecule has 2 N–H and O–H groups in total. The van der Waals surface area contributed by atoms with Gasteiger partial charge in [0.25, 0.3) is 5.91 Å². The lowest BCUT2D eigenvalue weighted by Gasteiger charge is -2.14. The van der Waals surface area contributed by atoms with Crippen LogP contribution in [0.1, 0.15) is 36.6 Å². The SMILES string of the molecule is CCc1ccc(C(C)N/C=C(/C#N)C(=O)Nc2ccc(Cl)c(C(F)(F)F)c2)cc1. The molecule has 0 aliphatic heterocycles. The van der Waals surface area contributed by atoms with Crippen molar-refractivity contribution in [2.45, 2.75) is 32.5 Å². The number of nitriles is 1. The number of amides is 1. The van der Waals surface area contributed by atoms with Crippen molar-refractivity contribution in [2.24, 2.45) is 0 Å². The number of nitrogens with one attached hydrogen (secondary N) is 2. The van der Waals surface area contributed by atoms with Gasteiger partial charge in [-0.15, -0.1) is 0 Å². The molecule has 0 aliphatic rings. The second kappa shape index (κ2) is 9.48. The van der Waals surface area contributed by atoms with E-state index in [1.165, 1.54) is 17.8 Å². The highest BCUT2D eigenvalue weighted by Gasteiger charge is 2.33. The van der Waals surface area contributed by atoms with Crippen molar-refractivity contribution in [3.8, 4) is 6.07 Å². The molecule has 1 unspecified atom stereocenters. The fraction of sp³-hybridized carbons (Fsp3) is 0.238. The number of carbonyl (C=O) groups excluding carboxylic acids is 1. The fourth-order valence-corrected chi connectivity index (χ4v) is 2.74. The third-order valence-electron chi connectivity index (χ3n) is 4.26. The number of hydrogen-bond donors (Lipinski definition) is 2. The van der Waals surface area contributed by atoms with Crippen LogP contribution in [0.3, 0.4) is 0 Å². The number of benzene rings is 2. The quantitative estimate of drug-likeness (QED) is 0.470. The Morgan fingerprint density at radius 1 is 1.24 bits per heavy atom. The van der Waals surface area contributed by atoms with Crippen LogP contribution in [-0.2, 0) is 17.4 Å². The summed E-state index contributed by atoms with van der Waals surface area (Å²) in [4.78, 5) is 12.3. The van der Waals surface area contributed by atoms with Crippen LogP contribution in [0.2, 0.25) is 5.02 Å². The number of hydrogen-bond acceptors (Lipinski definition) is 3. The lowest BCUT2D eigenvalue weighted by Crippen LogP contribution is -2.19. The Kier molecular flexibility index (Phi) is 7.29. The van der Waals surface area contributed by atoms with Crippen LogP contribution < -0.4 is 10.6 Å². The van der Waals surface area contributed by atoms with E-state index in [-0.39, 0.29) is 17.3 Å². The normalized spacial score (nSPS) is 12.8. The summed E-state index contributed by atoms with van der Waals surface area (Å²) in [6, 6.07) is 12.4. The van der Waals surface area contributed by atoms with E-state index in [0.717, 1.165) is 24.1 Å². The second-order valence-electron chi connectivity index (χ2n) is 6.30. The highest BCUT2D eigenvalue weighted by molar-refractivity contribution is 6.31. The monoisotopic (exact) mass is 421 g/mol. The van der Waals surface area contributed by atoms with Gasteiger partial charge in [-0.1, -0.05) is 42.8 Å². The van der Waals surface area contributed by atoms with E-state index in [1.54, 1.807) is 6.07 Å². The molecule has 0 heterocycles. The lowest BCUT2D eigenvalue weighted by molar-refractivity contribution is -0.137. The van der Waals surface area contributed by atoms with Crippen molar-refractivity contribution in [1.82, 2.24) is 5.32 Å². The number of alkyl halides is 3. The molecule has 0 spiro atoms. The van der Waals surface area contributed by atoms with Crippen LogP contribution >= 0.6 is 11.6 Å². The molecule has 2 aromatic carbocycles. The van der Waals surface area contributed by atoms with Gasteiger partial charge in [-0.3, -0.25) is 4.79 Å². The van der Waals surface area contributed by atoms with Gasteiger partial charge in [-0.25, -0.2) is 0 Å². The summed E-state index contributed by atoms with van der Waals surface area (Å²) in [5.74, 6) is -0.830. The van der Waals surface area contributed by atoms with E-state index in [4.69, 9.17) is 11.6 Å². The predicted molar refractivity (Wildman–Crippen MR) is 106 cm³/mol. The number of nitrogens with zero attached hydrogens (tertiary/aromatic N) is 1. The Balaban J connectivity index is 2.11. The molecule has 0 aromatic heterocycles. The van der Waals surface area contributed by atoms with Crippen LogP contribution in [0.15, 0.2) is 54.2 Å². The zero-order valence-electron chi connectivity index (χ0n) is 15.8. The number of halogens is 4. The van der Waals surface area contributed by atoms with Gasteiger partial charge < -0.3 is 10.6 Å². The molecule has 1 atom stereocenters. The molecule has 2 aromatic rings. The standard InChI is InChI=1S/C21H19ClF3N3O/c1-3-14-4-6-15(7-5-14)13(2)27-12-16(11-26)20(29)28-17-8-9-19(22)18(10-17)21(23,24)25/h4-10,12-13,27H,3H2,1-2H3,(H,28,29)/b16-12-. The van der Waals surface area contributed by atoms with Gasteiger partial charge in [-0.05, 0) is 42.7 Å². The number of anilines is 1. The molecule has 0 aliphatic carbocycles. The molecule has 0 saturated carbocycles. The maximum atomic E-state index is 12.9. The summed E-state index contributed by atoms with van der Waals surface area (Å²) < 4.78 is 38.8. The first-order chi connectivity index (χ1) is 13.7. The Morgan fingerprint density at radius 3 is 2.45 bits per heavy atom. The zero-order valence-corrected chi connectivity index (χ0v) is 16.5. The predicted octanol–water partition coefficient (Wildman–Crippen LogP) is 5.62. The van der Waals surface area contributed by atoms with Crippen LogP contribution in [-0.4, -0.2) is 5.91 Å². The summed E-state index contributed by atoms with van der Waals surface area (Å²) in [6.07, 6.45) is -2.49. The molecule has 0 fully saturated rings. The first-order valence-corrected chi connectivity index (χ1v) is 9.16. The topological polar surface area (TPSA) is 64.9 Å². The molecule has 4 nitrogen and oxygen atoms in total. The third kappa shape index (κ3) is 6.00. The van der Waals surface area contributed by atoms with Crippen LogP contribution in [0.4, 0.5) is 18.9 Å². The van der Waals surface area contributed by atoms with Crippen LogP contribution in [0.5, 0.6) is 0 Å². The summed E-state index contributed by atoms with van der Waals surface area (Å²) in [6.45, 7) is 3.91. The minimum Gasteiger partial charge on any atom is -0.383 e. The minimum atomic E-state index is -4.66. The van der Waals surface area contributed by atoms with Crippen molar-refractivity contribution < 1.29 is 18.0 Å². The maximum Gasteiger partial charge on any atom is 0.417 e. The van der Waals surface area contributed by atoms with Gasteiger partial charge in [0.1, 0.15) is 11.6 Å².